The maximum Gasteiger partial charge on any atom is 0.315 e. The quantitative estimate of drug-likeness (QED) is 0.721. The molecule has 0 aliphatic heterocycles. The smallest absolute Gasteiger partial charge is 0.315 e. The summed E-state index contributed by atoms with van der Waals surface area (Å²) < 4.78 is 29.8. The van der Waals surface area contributed by atoms with E-state index in [1.165, 1.54) is 4.80 Å². The Labute approximate surface area is 158 Å². The fourth-order valence-corrected chi connectivity index (χ4v) is 3.36. The number of fused-ring (bicyclic) bond motifs is 1. The normalized spacial score (nSPS) is 15.8. The van der Waals surface area contributed by atoms with Gasteiger partial charge in [0.15, 0.2) is 5.69 Å². The summed E-state index contributed by atoms with van der Waals surface area (Å²) in [7, 11) is 0. The number of nitrogens with one attached hydrogen (secondary N) is 1. The Balaban J connectivity index is 1.53. The fraction of sp³-hybridized carbons (Fsp3) is 0.389. The van der Waals surface area contributed by atoms with Crippen LogP contribution in [0.3, 0.4) is 0 Å². The molecule has 0 bridgehead atoms. The van der Waals surface area contributed by atoms with E-state index in [9.17, 15) is 13.6 Å². The van der Waals surface area contributed by atoms with Crippen molar-refractivity contribution in [3.63, 3.8) is 0 Å². The van der Waals surface area contributed by atoms with Crippen LogP contribution in [0.15, 0.2) is 22.7 Å². The van der Waals surface area contributed by atoms with Crippen LogP contribution < -0.4 is 5.32 Å². The monoisotopic (exact) mass is 388 g/mol. The van der Waals surface area contributed by atoms with Crippen LogP contribution in [0.4, 0.5) is 8.78 Å². The number of aryl methyl sites for hydroxylation is 3. The molecule has 2 heterocycles. The van der Waals surface area contributed by atoms with Gasteiger partial charge in [-0.2, -0.15) is 23.7 Å². The van der Waals surface area contributed by atoms with Crippen molar-refractivity contribution >= 4 is 5.91 Å². The maximum absolute atomic E-state index is 12.6. The number of nitrogens with zero attached hydrogens (tertiary/aromatic N) is 5. The highest BCUT2D eigenvalue weighted by Gasteiger charge is 2.27. The summed E-state index contributed by atoms with van der Waals surface area (Å²) in [4.78, 5) is 17.8. The molecule has 0 fully saturated rings. The van der Waals surface area contributed by atoms with Gasteiger partial charge in [0, 0.05) is 5.56 Å². The molecular weight excluding hydrogens is 370 g/mol. The van der Waals surface area contributed by atoms with Crippen molar-refractivity contribution in [2.24, 2.45) is 0 Å². The van der Waals surface area contributed by atoms with Crippen LogP contribution in [0.2, 0.25) is 0 Å². The Morgan fingerprint density at radius 2 is 2.21 bits per heavy atom. The fourth-order valence-electron chi connectivity index (χ4n) is 3.36. The Bertz CT molecular complexity index is 1030. The minimum absolute atomic E-state index is 0.123. The molecule has 1 amide bonds. The predicted octanol–water partition coefficient (Wildman–Crippen LogP) is 3.01. The number of carbonyl (C=O) groups is 1. The Morgan fingerprint density at radius 1 is 1.39 bits per heavy atom. The van der Waals surface area contributed by atoms with Crippen molar-refractivity contribution in [2.75, 3.05) is 0 Å². The third kappa shape index (κ3) is 3.25. The standard InChI is InChI=1S/C18H18F2N6O2/c1-3-26-23-9(2)14(24-26)17(27)21-13-7-5-10-8-11(4-6-12(10)13)16-22-18(15(19)20)28-25-16/h4,6,8,13,15H,3,5,7H2,1-2H3,(H,21,27). The minimum atomic E-state index is -2.80. The topological polar surface area (TPSA) is 98.7 Å². The van der Waals surface area contributed by atoms with E-state index in [-0.39, 0.29) is 17.8 Å². The van der Waals surface area contributed by atoms with E-state index in [4.69, 9.17) is 0 Å². The lowest BCUT2D eigenvalue weighted by molar-refractivity contribution is 0.0930. The molecule has 1 aliphatic carbocycles. The molecule has 8 nitrogen and oxygen atoms in total. The molecule has 10 heteroatoms. The third-order valence-electron chi connectivity index (χ3n) is 4.73. The van der Waals surface area contributed by atoms with Crippen LogP contribution in [-0.4, -0.2) is 31.0 Å². The van der Waals surface area contributed by atoms with Crippen molar-refractivity contribution < 1.29 is 18.1 Å². The Hall–Kier alpha value is -3.17. The molecule has 1 N–H and O–H groups in total. The highest BCUT2D eigenvalue weighted by molar-refractivity contribution is 5.93. The zero-order chi connectivity index (χ0) is 19.8. The molecule has 1 unspecified atom stereocenters. The molecule has 2 aromatic heterocycles. The summed E-state index contributed by atoms with van der Waals surface area (Å²) in [5, 5.41) is 15.0. The van der Waals surface area contributed by atoms with E-state index < -0.39 is 12.3 Å². The lowest BCUT2D eigenvalue weighted by Gasteiger charge is -2.13. The van der Waals surface area contributed by atoms with Gasteiger partial charge in [0.25, 0.3) is 11.8 Å². The molecule has 0 saturated heterocycles. The van der Waals surface area contributed by atoms with Gasteiger partial charge >= 0.3 is 6.43 Å². The lowest BCUT2D eigenvalue weighted by atomic mass is 10.0. The second kappa shape index (κ2) is 7.10. The van der Waals surface area contributed by atoms with Crippen molar-refractivity contribution in [3.05, 3.63) is 46.6 Å². The highest BCUT2D eigenvalue weighted by atomic mass is 19.3. The van der Waals surface area contributed by atoms with E-state index in [0.29, 0.717) is 23.5 Å². The van der Waals surface area contributed by atoms with E-state index in [0.717, 1.165) is 24.0 Å². The number of aromatic nitrogens is 5. The summed E-state index contributed by atoms with van der Waals surface area (Å²) in [5.41, 5.74) is 3.50. The average Bonchev–Trinajstić information content (AvgIpc) is 3.39. The minimum Gasteiger partial charge on any atom is -0.344 e. The molecule has 0 radical (unpaired) electrons. The summed E-state index contributed by atoms with van der Waals surface area (Å²) in [6, 6.07) is 5.29. The first-order valence-corrected chi connectivity index (χ1v) is 8.93. The van der Waals surface area contributed by atoms with E-state index in [1.807, 2.05) is 19.1 Å². The van der Waals surface area contributed by atoms with Gasteiger partial charge in [-0.25, -0.2) is 0 Å². The van der Waals surface area contributed by atoms with Gasteiger partial charge in [-0.15, -0.1) is 5.10 Å². The largest absolute Gasteiger partial charge is 0.344 e. The van der Waals surface area contributed by atoms with Gasteiger partial charge in [-0.1, -0.05) is 17.3 Å². The van der Waals surface area contributed by atoms with Crippen molar-refractivity contribution in [3.8, 4) is 11.4 Å². The van der Waals surface area contributed by atoms with Crippen LogP contribution in [-0.2, 0) is 13.0 Å². The highest BCUT2D eigenvalue weighted by Crippen LogP contribution is 2.34. The maximum atomic E-state index is 12.6. The van der Waals surface area contributed by atoms with Gasteiger partial charge in [0.2, 0.25) is 5.82 Å². The zero-order valence-corrected chi connectivity index (χ0v) is 15.3. The van der Waals surface area contributed by atoms with Gasteiger partial charge in [-0.05, 0) is 43.9 Å². The molecule has 1 aromatic carbocycles. The second-order valence-corrected chi connectivity index (χ2v) is 6.56. The molecule has 28 heavy (non-hydrogen) atoms. The van der Waals surface area contributed by atoms with Gasteiger partial charge in [0.1, 0.15) is 0 Å². The molecule has 4 rings (SSSR count). The molecule has 1 aliphatic rings. The number of hydrogen-bond acceptors (Lipinski definition) is 6. The first-order chi connectivity index (χ1) is 13.5. The third-order valence-corrected chi connectivity index (χ3v) is 4.73. The lowest BCUT2D eigenvalue weighted by Crippen LogP contribution is -2.28. The van der Waals surface area contributed by atoms with Gasteiger partial charge in [0.05, 0.1) is 18.3 Å². The van der Waals surface area contributed by atoms with Crippen LogP contribution >= 0.6 is 0 Å². The van der Waals surface area contributed by atoms with E-state index >= 15 is 0 Å². The number of benzene rings is 1. The zero-order valence-electron chi connectivity index (χ0n) is 15.3. The molecular formula is C18H18F2N6O2. The summed E-state index contributed by atoms with van der Waals surface area (Å²) in [6.07, 6.45) is -1.32. The Morgan fingerprint density at radius 3 is 2.89 bits per heavy atom. The van der Waals surface area contributed by atoms with E-state index in [2.05, 4.69) is 30.2 Å². The average molecular weight is 388 g/mol. The number of amides is 1. The van der Waals surface area contributed by atoms with Crippen molar-refractivity contribution in [2.45, 2.75) is 45.7 Å². The Kier molecular flexibility index (Phi) is 4.62. The SMILES string of the molecule is CCn1nc(C)c(C(=O)NC2CCc3cc(-c4noc(C(F)F)n4)ccc32)n1. The van der Waals surface area contributed by atoms with Crippen molar-refractivity contribution in [1.82, 2.24) is 30.5 Å². The number of hydrogen-bond donors (Lipinski definition) is 1. The first kappa shape index (κ1) is 18.2. The summed E-state index contributed by atoms with van der Waals surface area (Å²) >= 11 is 0. The van der Waals surface area contributed by atoms with Crippen LogP contribution in [0, 0.1) is 6.92 Å². The summed E-state index contributed by atoms with van der Waals surface area (Å²) in [6.45, 7) is 4.24. The molecule has 1 atom stereocenters. The summed E-state index contributed by atoms with van der Waals surface area (Å²) in [5.74, 6) is -0.840. The van der Waals surface area contributed by atoms with Gasteiger partial charge in [-0.3, -0.25) is 4.79 Å². The number of alkyl halides is 2. The molecule has 3 aromatic rings. The number of halogens is 2. The van der Waals surface area contributed by atoms with E-state index in [1.54, 1.807) is 13.0 Å². The number of rotatable bonds is 5. The predicted molar refractivity (Wildman–Crippen MR) is 93.7 cm³/mol. The van der Waals surface area contributed by atoms with Crippen molar-refractivity contribution in [1.29, 1.82) is 0 Å². The van der Waals surface area contributed by atoms with Crippen LogP contribution in [0.25, 0.3) is 11.4 Å². The van der Waals surface area contributed by atoms with Crippen LogP contribution in [0.5, 0.6) is 0 Å². The van der Waals surface area contributed by atoms with Crippen LogP contribution in [0.1, 0.15) is 59.0 Å². The number of carbonyl (C=O) groups excluding carboxylic acids is 1. The first-order valence-electron chi connectivity index (χ1n) is 8.93. The van der Waals surface area contributed by atoms with Gasteiger partial charge < -0.3 is 9.84 Å². The molecule has 0 saturated carbocycles. The second-order valence-electron chi connectivity index (χ2n) is 6.56. The molecule has 146 valence electrons. The molecule has 0 spiro atoms.